The van der Waals surface area contributed by atoms with Crippen LogP contribution in [0.25, 0.3) is 0 Å². The summed E-state index contributed by atoms with van der Waals surface area (Å²) < 4.78 is 0. The largest absolute Gasteiger partial charge is 0.330 e. The molecule has 3 atom stereocenters. The highest BCUT2D eigenvalue weighted by Gasteiger charge is 2.24. The fourth-order valence-corrected chi connectivity index (χ4v) is 2.84. The minimum atomic E-state index is -0.0958. The Bertz CT molecular complexity index is 464. The monoisotopic (exact) mass is 265 g/mol. The first kappa shape index (κ1) is 13.4. The molecule has 1 aliphatic heterocycles. The number of amides is 1. The van der Waals surface area contributed by atoms with Gasteiger partial charge in [-0.05, 0) is 37.1 Å². The zero-order chi connectivity index (χ0) is 13.3. The highest BCUT2D eigenvalue weighted by Crippen LogP contribution is 2.37. The van der Waals surface area contributed by atoms with Crippen LogP contribution in [0.2, 0.25) is 0 Å². The minimum absolute atomic E-state index is 0.0417. The molecule has 3 unspecified atom stereocenters. The van der Waals surface area contributed by atoms with E-state index in [9.17, 15) is 4.79 Å². The van der Waals surface area contributed by atoms with Crippen molar-refractivity contribution in [1.82, 2.24) is 0 Å². The second-order valence-electron chi connectivity index (χ2n) is 4.74. The van der Waals surface area contributed by atoms with E-state index in [1.807, 2.05) is 32.0 Å². The van der Waals surface area contributed by atoms with Crippen molar-refractivity contribution in [2.24, 2.45) is 17.4 Å². The molecule has 5 N–H and O–H groups in total. The lowest BCUT2D eigenvalue weighted by Crippen LogP contribution is -2.28. The fraction of sp³-hybridized carbons (Fsp3) is 0.462. The highest BCUT2D eigenvalue weighted by molar-refractivity contribution is 8.00. The number of thioether (sulfide) groups is 1. The summed E-state index contributed by atoms with van der Waals surface area (Å²) in [5.74, 6) is 0.263. The van der Waals surface area contributed by atoms with Crippen LogP contribution >= 0.6 is 11.8 Å². The zero-order valence-electron chi connectivity index (χ0n) is 10.6. The SMILES string of the molecule is CC1Sc2ccc(C(N)C(C)CN)cc2NC1=O. The maximum atomic E-state index is 11.6. The molecule has 0 aromatic heterocycles. The lowest BCUT2D eigenvalue weighted by atomic mass is 9.95. The topological polar surface area (TPSA) is 81.1 Å². The van der Waals surface area contributed by atoms with Crippen molar-refractivity contribution in [3.05, 3.63) is 23.8 Å². The molecule has 0 spiro atoms. The molecule has 1 aliphatic rings. The number of fused-ring (bicyclic) bond motifs is 1. The summed E-state index contributed by atoms with van der Waals surface area (Å²) in [5, 5.41) is 2.87. The average molecular weight is 265 g/mol. The third-order valence-electron chi connectivity index (χ3n) is 3.30. The highest BCUT2D eigenvalue weighted by atomic mass is 32.2. The normalized spacial score (nSPS) is 22.0. The first-order valence-electron chi connectivity index (χ1n) is 6.10. The third kappa shape index (κ3) is 2.53. The molecule has 0 bridgehead atoms. The van der Waals surface area contributed by atoms with E-state index in [0.717, 1.165) is 16.1 Å². The Morgan fingerprint density at radius 1 is 1.50 bits per heavy atom. The molecule has 98 valence electrons. The lowest BCUT2D eigenvalue weighted by molar-refractivity contribution is -0.115. The molecule has 5 heteroatoms. The molecule has 1 aromatic carbocycles. The number of carbonyl (C=O) groups is 1. The Morgan fingerprint density at radius 3 is 2.89 bits per heavy atom. The molecule has 0 saturated carbocycles. The maximum absolute atomic E-state index is 11.6. The van der Waals surface area contributed by atoms with Gasteiger partial charge in [-0.15, -0.1) is 11.8 Å². The van der Waals surface area contributed by atoms with Gasteiger partial charge >= 0.3 is 0 Å². The van der Waals surface area contributed by atoms with E-state index in [2.05, 4.69) is 5.32 Å². The Labute approximate surface area is 111 Å². The van der Waals surface area contributed by atoms with Crippen molar-refractivity contribution >= 4 is 23.4 Å². The predicted molar refractivity (Wildman–Crippen MR) is 75.5 cm³/mol. The molecule has 0 aliphatic carbocycles. The van der Waals surface area contributed by atoms with E-state index >= 15 is 0 Å². The number of benzene rings is 1. The molecule has 2 rings (SSSR count). The van der Waals surface area contributed by atoms with E-state index in [1.54, 1.807) is 11.8 Å². The van der Waals surface area contributed by atoms with E-state index in [1.165, 1.54) is 0 Å². The van der Waals surface area contributed by atoms with Gasteiger partial charge in [0.25, 0.3) is 0 Å². The van der Waals surface area contributed by atoms with E-state index in [0.29, 0.717) is 6.54 Å². The summed E-state index contributed by atoms with van der Waals surface area (Å²) >= 11 is 1.58. The quantitative estimate of drug-likeness (QED) is 0.777. The van der Waals surface area contributed by atoms with Crippen molar-refractivity contribution in [3.63, 3.8) is 0 Å². The zero-order valence-corrected chi connectivity index (χ0v) is 11.5. The first-order valence-corrected chi connectivity index (χ1v) is 6.98. The molecule has 1 heterocycles. The van der Waals surface area contributed by atoms with Gasteiger partial charge in [-0.2, -0.15) is 0 Å². The summed E-state index contributed by atoms with van der Waals surface area (Å²) in [6.45, 7) is 4.48. The van der Waals surface area contributed by atoms with Gasteiger partial charge in [0.05, 0.1) is 10.9 Å². The number of rotatable bonds is 3. The van der Waals surface area contributed by atoms with Crippen LogP contribution in [-0.2, 0) is 4.79 Å². The van der Waals surface area contributed by atoms with Gasteiger partial charge in [0.2, 0.25) is 5.91 Å². The Hall–Kier alpha value is -1.04. The number of hydrogen-bond acceptors (Lipinski definition) is 4. The molecular weight excluding hydrogens is 246 g/mol. The van der Waals surface area contributed by atoms with Crippen LogP contribution in [0.3, 0.4) is 0 Å². The minimum Gasteiger partial charge on any atom is -0.330 e. The summed E-state index contributed by atoms with van der Waals surface area (Å²) in [5.41, 5.74) is 13.7. The van der Waals surface area contributed by atoms with Gasteiger partial charge in [0.15, 0.2) is 0 Å². The summed E-state index contributed by atoms with van der Waals surface area (Å²) in [4.78, 5) is 12.7. The summed E-state index contributed by atoms with van der Waals surface area (Å²) in [6, 6.07) is 5.91. The Balaban J connectivity index is 2.27. The Kier molecular flexibility index (Phi) is 3.94. The molecule has 1 aromatic rings. The molecule has 0 saturated heterocycles. The maximum Gasteiger partial charge on any atom is 0.237 e. The van der Waals surface area contributed by atoms with Crippen molar-refractivity contribution in [2.75, 3.05) is 11.9 Å². The van der Waals surface area contributed by atoms with E-state index in [4.69, 9.17) is 11.5 Å². The van der Waals surface area contributed by atoms with Crippen LogP contribution in [-0.4, -0.2) is 17.7 Å². The van der Waals surface area contributed by atoms with Gasteiger partial charge in [-0.25, -0.2) is 0 Å². The number of carbonyl (C=O) groups excluding carboxylic acids is 1. The number of hydrogen-bond donors (Lipinski definition) is 3. The molecule has 18 heavy (non-hydrogen) atoms. The van der Waals surface area contributed by atoms with Crippen LogP contribution in [0, 0.1) is 5.92 Å². The van der Waals surface area contributed by atoms with Crippen molar-refractivity contribution in [2.45, 2.75) is 30.0 Å². The smallest absolute Gasteiger partial charge is 0.237 e. The van der Waals surface area contributed by atoms with Crippen molar-refractivity contribution in [1.29, 1.82) is 0 Å². The average Bonchev–Trinajstić information content (AvgIpc) is 2.37. The first-order chi connectivity index (χ1) is 8.52. The van der Waals surface area contributed by atoms with Gasteiger partial charge < -0.3 is 16.8 Å². The van der Waals surface area contributed by atoms with Crippen LogP contribution in [0.5, 0.6) is 0 Å². The number of nitrogens with one attached hydrogen (secondary N) is 1. The van der Waals surface area contributed by atoms with Crippen molar-refractivity contribution in [3.8, 4) is 0 Å². The predicted octanol–water partition coefficient (Wildman–Crippen LogP) is 1.71. The fourth-order valence-electron chi connectivity index (χ4n) is 1.91. The van der Waals surface area contributed by atoms with Crippen LogP contribution in [0.4, 0.5) is 5.69 Å². The second kappa shape index (κ2) is 5.30. The second-order valence-corrected chi connectivity index (χ2v) is 6.13. The molecular formula is C13H19N3OS. The summed E-state index contributed by atoms with van der Waals surface area (Å²) in [6.07, 6.45) is 0. The molecule has 0 radical (unpaired) electrons. The molecule has 1 amide bonds. The van der Waals surface area contributed by atoms with Crippen LogP contribution in [0.1, 0.15) is 25.5 Å². The van der Waals surface area contributed by atoms with E-state index in [-0.39, 0.29) is 23.1 Å². The lowest BCUT2D eigenvalue weighted by Gasteiger charge is -2.24. The van der Waals surface area contributed by atoms with E-state index < -0.39 is 0 Å². The van der Waals surface area contributed by atoms with Gasteiger partial charge in [-0.3, -0.25) is 4.79 Å². The Morgan fingerprint density at radius 2 is 2.22 bits per heavy atom. The molecule has 4 nitrogen and oxygen atoms in total. The van der Waals surface area contributed by atoms with Gasteiger partial charge in [0.1, 0.15) is 0 Å². The number of anilines is 1. The van der Waals surface area contributed by atoms with Gasteiger partial charge in [-0.1, -0.05) is 13.0 Å². The van der Waals surface area contributed by atoms with Crippen LogP contribution in [0.15, 0.2) is 23.1 Å². The third-order valence-corrected chi connectivity index (χ3v) is 4.48. The molecule has 0 fully saturated rings. The number of nitrogens with two attached hydrogens (primary N) is 2. The van der Waals surface area contributed by atoms with Crippen molar-refractivity contribution < 1.29 is 4.79 Å². The standard InChI is InChI=1S/C13H19N3OS/c1-7(6-14)12(15)9-3-4-11-10(5-9)16-13(17)8(2)18-11/h3-5,7-8,12H,6,14-15H2,1-2H3,(H,16,17). The van der Waals surface area contributed by atoms with Crippen LogP contribution < -0.4 is 16.8 Å². The summed E-state index contributed by atoms with van der Waals surface area (Å²) in [7, 11) is 0. The van der Waals surface area contributed by atoms with Gasteiger partial charge in [0, 0.05) is 10.9 Å².